The summed E-state index contributed by atoms with van der Waals surface area (Å²) >= 11 is 0. The van der Waals surface area contributed by atoms with Crippen molar-refractivity contribution in [2.75, 3.05) is 18.4 Å². The van der Waals surface area contributed by atoms with Crippen molar-refractivity contribution in [1.82, 2.24) is 14.9 Å². The Hall–Kier alpha value is -2.35. The molecule has 0 atom stereocenters. The Morgan fingerprint density at radius 3 is 2.67 bits per heavy atom. The maximum atomic E-state index is 13.1. The molecular formula is C19H22F2N4O2. The van der Waals surface area contributed by atoms with Gasteiger partial charge in [-0.15, -0.1) is 0 Å². The van der Waals surface area contributed by atoms with E-state index in [9.17, 15) is 13.6 Å². The van der Waals surface area contributed by atoms with Gasteiger partial charge in [0.05, 0.1) is 12.1 Å². The summed E-state index contributed by atoms with van der Waals surface area (Å²) in [7, 11) is 0. The molecule has 0 radical (unpaired) electrons. The fourth-order valence-corrected chi connectivity index (χ4v) is 3.65. The van der Waals surface area contributed by atoms with E-state index in [0.29, 0.717) is 22.6 Å². The number of carboxylic acid groups (broad SMARTS) is 1. The number of nitrogens with zero attached hydrogens (tertiary/aromatic N) is 3. The van der Waals surface area contributed by atoms with Crippen LogP contribution < -0.4 is 5.32 Å². The van der Waals surface area contributed by atoms with E-state index in [0.717, 1.165) is 19.4 Å². The molecule has 1 heterocycles. The molecule has 0 bridgehead atoms. The van der Waals surface area contributed by atoms with Gasteiger partial charge in [-0.1, -0.05) is 12.1 Å². The number of hydrogen-bond donors (Lipinski definition) is 2. The molecule has 0 saturated heterocycles. The predicted molar refractivity (Wildman–Crippen MR) is 96.9 cm³/mol. The maximum absolute atomic E-state index is 13.1. The van der Waals surface area contributed by atoms with Crippen molar-refractivity contribution in [2.24, 2.45) is 5.92 Å². The lowest BCUT2D eigenvalue weighted by Gasteiger charge is -2.43. The van der Waals surface area contributed by atoms with E-state index in [2.05, 4.69) is 15.3 Å². The van der Waals surface area contributed by atoms with Gasteiger partial charge in [0, 0.05) is 24.0 Å². The number of alkyl halides is 2. The number of nitrogens with one attached hydrogen (secondary N) is 1. The topological polar surface area (TPSA) is 78.4 Å². The zero-order chi connectivity index (χ0) is 19.0. The molecular weight excluding hydrogens is 354 g/mol. The van der Waals surface area contributed by atoms with Gasteiger partial charge in [0.2, 0.25) is 0 Å². The lowest BCUT2D eigenvalue weighted by atomic mass is 9.85. The normalized spacial score (nSPS) is 22.2. The van der Waals surface area contributed by atoms with Gasteiger partial charge in [-0.25, -0.2) is 18.7 Å². The number of anilines is 1. The summed E-state index contributed by atoms with van der Waals surface area (Å²) in [6, 6.07) is 7.40. The van der Waals surface area contributed by atoms with Crippen molar-refractivity contribution in [1.29, 1.82) is 0 Å². The van der Waals surface area contributed by atoms with Gasteiger partial charge in [0.1, 0.15) is 5.82 Å². The minimum absolute atomic E-state index is 0.0554. The first kappa shape index (κ1) is 18.0. The van der Waals surface area contributed by atoms with Crippen LogP contribution in [0, 0.1) is 5.92 Å². The molecule has 1 aromatic heterocycles. The molecule has 2 aromatic rings. The van der Waals surface area contributed by atoms with Crippen LogP contribution >= 0.6 is 0 Å². The van der Waals surface area contributed by atoms with Crippen LogP contribution in [-0.2, 0) is 4.79 Å². The van der Waals surface area contributed by atoms with E-state index >= 15 is 0 Å². The highest BCUT2D eigenvalue weighted by Crippen LogP contribution is 2.35. The van der Waals surface area contributed by atoms with E-state index < -0.39 is 18.2 Å². The molecule has 2 N–H and O–H groups in total. The second-order valence-electron chi connectivity index (χ2n) is 7.48. The van der Waals surface area contributed by atoms with Crippen molar-refractivity contribution < 1.29 is 18.7 Å². The largest absolute Gasteiger partial charge is 0.480 e. The molecule has 144 valence electrons. The number of hydrogen-bond acceptors (Lipinski definition) is 5. The van der Waals surface area contributed by atoms with Gasteiger partial charge in [-0.05, 0) is 43.7 Å². The molecule has 0 amide bonds. The summed E-state index contributed by atoms with van der Waals surface area (Å²) in [5, 5.41) is 13.1. The average molecular weight is 376 g/mol. The first-order valence-corrected chi connectivity index (χ1v) is 9.27. The number of halogens is 2. The smallest absolute Gasteiger partial charge is 0.317 e. The predicted octanol–water partition coefficient (Wildman–Crippen LogP) is 3.31. The Kier molecular flexibility index (Phi) is 4.90. The van der Waals surface area contributed by atoms with Crippen LogP contribution in [-0.4, -0.2) is 51.1 Å². The van der Waals surface area contributed by atoms with Crippen molar-refractivity contribution in [2.45, 2.75) is 44.2 Å². The van der Waals surface area contributed by atoms with Gasteiger partial charge in [-0.2, -0.15) is 0 Å². The number of para-hydroxylation sites is 1. The summed E-state index contributed by atoms with van der Waals surface area (Å²) < 4.78 is 26.2. The number of aromatic nitrogens is 2. The molecule has 2 fully saturated rings. The molecule has 4 rings (SSSR count). The van der Waals surface area contributed by atoms with Crippen LogP contribution in [0.3, 0.4) is 0 Å². The number of fused-ring (bicyclic) bond motifs is 1. The standard InChI is InChI=1S/C19H22F2N4O2/c20-17(21)19-23-15-4-2-1-3-14(15)18(24-19)22-12-7-13(8-12)25(10-16(26)27)9-11-5-6-11/h1-4,11-13,17H,5-10H2,(H,26,27)(H,22,23,24). The minimum atomic E-state index is -2.73. The number of benzene rings is 1. The van der Waals surface area contributed by atoms with Gasteiger partial charge >= 0.3 is 5.97 Å². The molecule has 0 unspecified atom stereocenters. The fourth-order valence-electron chi connectivity index (χ4n) is 3.65. The van der Waals surface area contributed by atoms with Crippen molar-refractivity contribution in [3.63, 3.8) is 0 Å². The third-order valence-corrected chi connectivity index (χ3v) is 5.31. The molecule has 2 aliphatic rings. The van der Waals surface area contributed by atoms with Gasteiger partial charge in [0.15, 0.2) is 5.82 Å². The zero-order valence-corrected chi connectivity index (χ0v) is 14.8. The fraction of sp³-hybridized carbons (Fsp3) is 0.526. The van der Waals surface area contributed by atoms with Crippen LogP contribution in [0.1, 0.15) is 37.9 Å². The van der Waals surface area contributed by atoms with Gasteiger partial charge < -0.3 is 10.4 Å². The molecule has 0 aliphatic heterocycles. The molecule has 2 aliphatic carbocycles. The van der Waals surface area contributed by atoms with Crippen LogP contribution in [0.25, 0.3) is 10.9 Å². The Balaban J connectivity index is 1.45. The average Bonchev–Trinajstić information content (AvgIpc) is 3.40. The highest BCUT2D eigenvalue weighted by Gasteiger charge is 2.37. The number of rotatable bonds is 8. The third kappa shape index (κ3) is 4.16. The SMILES string of the molecule is O=C(O)CN(CC1CC1)C1CC(Nc2nc(C(F)F)nc3ccccc23)C1. The first-order valence-electron chi connectivity index (χ1n) is 9.27. The van der Waals surface area contributed by atoms with E-state index in [1.807, 2.05) is 17.0 Å². The lowest BCUT2D eigenvalue weighted by Crippen LogP contribution is -2.52. The molecule has 0 spiro atoms. The van der Waals surface area contributed by atoms with Crippen LogP contribution in [0.2, 0.25) is 0 Å². The summed E-state index contributed by atoms with van der Waals surface area (Å²) in [6.07, 6.45) is 1.18. The Bertz CT molecular complexity index is 838. The van der Waals surface area contributed by atoms with Crippen molar-refractivity contribution in [3.8, 4) is 0 Å². The van der Waals surface area contributed by atoms with Crippen LogP contribution in [0.4, 0.5) is 14.6 Å². The Morgan fingerprint density at radius 1 is 1.26 bits per heavy atom. The van der Waals surface area contributed by atoms with Crippen molar-refractivity contribution in [3.05, 3.63) is 30.1 Å². The second-order valence-corrected chi connectivity index (χ2v) is 7.48. The Morgan fingerprint density at radius 2 is 2.00 bits per heavy atom. The zero-order valence-electron chi connectivity index (χ0n) is 14.8. The highest BCUT2D eigenvalue weighted by atomic mass is 19.3. The quantitative estimate of drug-likeness (QED) is 0.736. The van der Waals surface area contributed by atoms with E-state index in [1.54, 1.807) is 12.1 Å². The molecule has 1 aromatic carbocycles. The molecule has 6 nitrogen and oxygen atoms in total. The highest BCUT2D eigenvalue weighted by molar-refractivity contribution is 5.89. The van der Waals surface area contributed by atoms with E-state index in [-0.39, 0.29) is 18.6 Å². The van der Waals surface area contributed by atoms with Crippen LogP contribution in [0.5, 0.6) is 0 Å². The lowest BCUT2D eigenvalue weighted by molar-refractivity contribution is -0.139. The first-order chi connectivity index (χ1) is 13.0. The van der Waals surface area contributed by atoms with Crippen molar-refractivity contribution >= 4 is 22.7 Å². The van der Waals surface area contributed by atoms with E-state index in [4.69, 9.17) is 5.11 Å². The number of aliphatic carboxylic acids is 1. The molecule has 2 saturated carbocycles. The van der Waals surface area contributed by atoms with Crippen LogP contribution in [0.15, 0.2) is 24.3 Å². The minimum Gasteiger partial charge on any atom is -0.480 e. The Labute approximate surface area is 155 Å². The number of carbonyl (C=O) groups is 1. The van der Waals surface area contributed by atoms with Gasteiger partial charge in [0.25, 0.3) is 6.43 Å². The summed E-state index contributed by atoms with van der Waals surface area (Å²) in [4.78, 5) is 21.1. The number of carboxylic acids is 1. The molecule has 8 heteroatoms. The molecule has 27 heavy (non-hydrogen) atoms. The monoisotopic (exact) mass is 376 g/mol. The third-order valence-electron chi connectivity index (χ3n) is 5.31. The summed E-state index contributed by atoms with van der Waals surface area (Å²) in [5.74, 6) is -0.245. The second kappa shape index (κ2) is 7.34. The summed E-state index contributed by atoms with van der Waals surface area (Å²) in [6.45, 7) is 0.884. The maximum Gasteiger partial charge on any atom is 0.317 e. The summed E-state index contributed by atoms with van der Waals surface area (Å²) in [5.41, 5.74) is 0.488. The van der Waals surface area contributed by atoms with Gasteiger partial charge in [-0.3, -0.25) is 9.69 Å². The van der Waals surface area contributed by atoms with E-state index in [1.165, 1.54) is 12.8 Å².